The van der Waals surface area contributed by atoms with Gasteiger partial charge in [-0.15, -0.1) is 0 Å². The van der Waals surface area contributed by atoms with Crippen molar-refractivity contribution >= 4 is 11.8 Å². The largest absolute Gasteiger partial charge is 0.497 e. The highest BCUT2D eigenvalue weighted by Gasteiger charge is 2.11. The summed E-state index contributed by atoms with van der Waals surface area (Å²) in [5, 5.41) is 0. The minimum atomic E-state index is -0.475. The van der Waals surface area contributed by atoms with Crippen molar-refractivity contribution in [3.63, 3.8) is 0 Å². The number of nitrogens with one attached hydrogen (secondary N) is 2. The highest BCUT2D eigenvalue weighted by Crippen LogP contribution is 2.26. The molecule has 0 bridgehead atoms. The number of para-hydroxylation sites is 2. The minimum Gasteiger partial charge on any atom is -0.497 e. The molecule has 2 rings (SSSR count). The van der Waals surface area contributed by atoms with E-state index in [0.29, 0.717) is 48.2 Å². The van der Waals surface area contributed by atoms with Crippen LogP contribution in [-0.4, -0.2) is 39.2 Å². The number of hydrogen-bond donors (Lipinski definition) is 2. The summed E-state index contributed by atoms with van der Waals surface area (Å²) in [7, 11) is 2.99. The number of carbonyl (C=O) groups is 2. The lowest BCUT2D eigenvalue weighted by molar-refractivity contribution is -0.122. The molecule has 0 aliphatic carbocycles. The molecule has 0 saturated carbocycles. The summed E-state index contributed by atoms with van der Waals surface area (Å²) in [6.45, 7) is 2.79. The number of rotatable bonds is 10. The van der Waals surface area contributed by atoms with E-state index < -0.39 is 5.91 Å². The third-order valence-electron chi connectivity index (χ3n) is 3.88. The molecule has 8 heteroatoms. The summed E-state index contributed by atoms with van der Waals surface area (Å²) in [4.78, 5) is 24.2. The van der Waals surface area contributed by atoms with Crippen LogP contribution in [-0.2, 0) is 4.79 Å². The molecule has 2 N–H and O–H groups in total. The molecule has 8 nitrogen and oxygen atoms in total. The molecular formula is C21H26N2O6. The number of methoxy groups -OCH3 is 2. The fourth-order valence-electron chi connectivity index (χ4n) is 2.46. The van der Waals surface area contributed by atoms with Crippen LogP contribution in [0.15, 0.2) is 42.5 Å². The standard InChI is InChI=1S/C21H26N2O6/c1-4-28-18-8-5-6-9-19(18)29-11-7-10-20(24)22-23-21(25)15-12-16(26-2)14-17(13-15)27-3/h5-6,8-9,12-14H,4,7,10-11H2,1-3H3,(H,22,24)(H,23,25). The van der Waals surface area contributed by atoms with Crippen LogP contribution in [0.1, 0.15) is 30.1 Å². The smallest absolute Gasteiger partial charge is 0.269 e. The van der Waals surface area contributed by atoms with Gasteiger partial charge in [-0.25, -0.2) is 0 Å². The Morgan fingerprint density at radius 1 is 0.897 bits per heavy atom. The van der Waals surface area contributed by atoms with Crippen LogP contribution in [0.4, 0.5) is 0 Å². The van der Waals surface area contributed by atoms with Gasteiger partial charge in [0.2, 0.25) is 5.91 Å². The van der Waals surface area contributed by atoms with E-state index in [-0.39, 0.29) is 12.3 Å². The van der Waals surface area contributed by atoms with Crippen LogP contribution in [0.25, 0.3) is 0 Å². The first-order chi connectivity index (χ1) is 14.1. The Morgan fingerprint density at radius 3 is 2.10 bits per heavy atom. The summed E-state index contributed by atoms with van der Waals surface area (Å²) in [5.41, 5.74) is 5.06. The van der Waals surface area contributed by atoms with Gasteiger partial charge in [-0.2, -0.15) is 0 Å². The Balaban J connectivity index is 1.75. The zero-order valence-corrected chi connectivity index (χ0v) is 16.8. The highest BCUT2D eigenvalue weighted by atomic mass is 16.5. The lowest BCUT2D eigenvalue weighted by Gasteiger charge is -2.12. The molecule has 0 radical (unpaired) electrons. The van der Waals surface area contributed by atoms with Crippen LogP contribution < -0.4 is 29.8 Å². The molecule has 2 aromatic carbocycles. The number of carbonyl (C=O) groups excluding carboxylic acids is 2. The number of hydrogen-bond acceptors (Lipinski definition) is 6. The average Bonchev–Trinajstić information content (AvgIpc) is 2.75. The molecule has 0 saturated heterocycles. The summed E-state index contributed by atoms with van der Waals surface area (Å²) in [6, 6.07) is 12.1. The van der Waals surface area contributed by atoms with Gasteiger partial charge in [0.15, 0.2) is 11.5 Å². The van der Waals surface area contributed by atoms with Gasteiger partial charge in [-0.05, 0) is 37.6 Å². The third kappa shape index (κ3) is 6.91. The van der Waals surface area contributed by atoms with E-state index in [0.717, 1.165) is 0 Å². The van der Waals surface area contributed by atoms with Crippen molar-refractivity contribution in [1.29, 1.82) is 0 Å². The van der Waals surface area contributed by atoms with Crippen molar-refractivity contribution < 1.29 is 28.5 Å². The van der Waals surface area contributed by atoms with Crippen LogP contribution in [0.5, 0.6) is 23.0 Å². The minimum absolute atomic E-state index is 0.193. The second-order valence-electron chi connectivity index (χ2n) is 5.94. The first kappa shape index (κ1) is 21.9. The second-order valence-corrected chi connectivity index (χ2v) is 5.94. The van der Waals surface area contributed by atoms with Gasteiger partial charge in [-0.1, -0.05) is 12.1 Å². The molecule has 0 heterocycles. The molecule has 0 fully saturated rings. The molecular weight excluding hydrogens is 376 g/mol. The number of amides is 2. The Bertz CT molecular complexity index is 802. The summed E-state index contributed by atoms with van der Waals surface area (Å²) >= 11 is 0. The highest BCUT2D eigenvalue weighted by molar-refractivity contribution is 5.96. The Hall–Kier alpha value is -3.42. The average molecular weight is 402 g/mol. The van der Waals surface area contributed by atoms with E-state index in [2.05, 4.69) is 10.9 Å². The lowest BCUT2D eigenvalue weighted by atomic mass is 10.2. The van der Waals surface area contributed by atoms with Gasteiger partial charge in [0, 0.05) is 18.1 Å². The summed E-state index contributed by atoms with van der Waals surface area (Å²) < 4.78 is 21.4. The third-order valence-corrected chi connectivity index (χ3v) is 3.88. The van der Waals surface area contributed by atoms with Gasteiger partial charge >= 0.3 is 0 Å². The number of benzene rings is 2. The maximum absolute atomic E-state index is 12.2. The zero-order chi connectivity index (χ0) is 21.1. The van der Waals surface area contributed by atoms with Crippen molar-refractivity contribution in [2.24, 2.45) is 0 Å². The van der Waals surface area contributed by atoms with Crippen molar-refractivity contribution in [1.82, 2.24) is 10.9 Å². The van der Waals surface area contributed by atoms with E-state index in [9.17, 15) is 9.59 Å². The van der Waals surface area contributed by atoms with Crippen molar-refractivity contribution in [3.05, 3.63) is 48.0 Å². The van der Waals surface area contributed by atoms with E-state index >= 15 is 0 Å². The first-order valence-electron chi connectivity index (χ1n) is 9.24. The first-order valence-corrected chi connectivity index (χ1v) is 9.24. The summed E-state index contributed by atoms with van der Waals surface area (Å²) in [6.07, 6.45) is 0.674. The van der Waals surface area contributed by atoms with E-state index in [1.165, 1.54) is 14.2 Å². The number of ether oxygens (including phenoxy) is 4. The molecule has 0 aliphatic rings. The Kier molecular flexibility index (Phi) is 8.62. The maximum Gasteiger partial charge on any atom is 0.269 e. The van der Waals surface area contributed by atoms with Gasteiger partial charge in [-0.3, -0.25) is 20.4 Å². The quantitative estimate of drug-likeness (QED) is 0.469. The molecule has 0 spiro atoms. The van der Waals surface area contributed by atoms with E-state index in [1.54, 1.807) is 18.2 Å². The van der Waals surface area contributed by atoms with Crippen molar-refractivity contribution in [2.75, 3.05) is 27.4 Å². The Morgan fingerprint density at radius 2 is 1.52 bits per heavy atom. The predicted octanol–water partition coefficient (Wildman–Crippen LogP) is 2.72. The maximum atomic E-state index is 12.2. The number of hydrazine groups is 1. The Labute approximate surface area is 170 Å². The van der Waals surface area contributed by atoms with Gasteiger partial charge < -0.3 is 18.9 Å². The predicted molar refractivity (Wildman–Crippen MR) is 107 cm³/mol. The van der Waals surface area contributed by atoms with Crippen LogP contribution >= 0.6 is 0 Å². The molecule has 0 aliphatic heterocycles. The summed E-state index contributed by atoms with van der Waals surface area (Å²) in [5.74, 6) is 1.46. The SMILES string of the molecule is CCOc1ccccc1OCCCC(=O)NNC(=O)c1cc(OC)cc(OC)c1. The van der Waals surface area contributed by atoms with Crippen LogP contribution in [0.3, 0.4) is 0 Å². The lowest BCUT2D eigenvalue weighted by Crippen LogP contribution is -2.41. The fraction of sp³-hybridized carbons (Fsp3) is 0.333. The topological polar surface area (TPSA) is 95.1 Å². The van der Waals surface area contributed by atoms with Crippen molar-refractivity contribution in [3.8, 4) is 23.0 Å². The second kappa shape index (κ2) is 11.4. The molecule has 2 aromatic rings. The molecule has 0 atom stereocenters. The van der Waals surface area contributed by atoms with E-state index in [4.69, 9.17) is 18.9 Å². The van der Waals surface area contributed by atoms with E-state index in [1.807, 2.05) is 31.2 Å². The molecule has 29 heavy (non-hydrogen) atoms. The monoisotopic (exact) mass is 402 g/mol. The van der Waals surface area contributed by atoms with Crippen LogP contribution in [0.2, 0.25) is 0 Å². The molecule has 0 aromatic heterocycles. The fourth-order valence-corrected chi connectivity index (χ4v) is 2.46. The zero-order valence-electron chi connectivity index (χ0n) is 16.8. The van der Waals surface area contributed by atoms with Crippen LogP contribution in [0, 0.1) is 0 Å². The van der Waals surface area contributed by atoms with Gasteiger partial charge in [0.1, 0.15) is 11.5 Å². The molecule has 0 unspecified atom stereocenters. The molecule has 156 valence electrons. The molecule has 2 amide bonds. The normalized spacial score (nSPS) is 10.0. The van der Waals surface area contributed by atoms with Gasteiger partial charge in [0.25, 0.3) is 5.91 Å². The van der Waals surface area contributed by atoms with Gasteiger partial charge in [0.05, 0.1) is 27.4 Å². The van der Waals surface area contributed by atoms with Crippen molar-refractivity contribution in [2.45, 2.75) is 19.8 Å².